The smallest absolute Gasteiger partial charge is 0.368 e. The van der Waals surface area contributed by atoms with Crippen molar-refractivity contribution in [3.63, 3.8) is 0 Å². The van der Waals surface area contributed by atoms with Crippen LogP contribution in [0, 0.1) is 0 Å². The summed E-state index contributed by atoms with van der Waals surface area (Å²) in [5.74, 6) is -0.933. The Bertz CT molecular complexity index is 930. The van der Waals surface area contributed by atoms with E-state index in [-0.39, 0.29) is 16.4 Å². The van der Waals surface area contributed by atoms with E-state index < -0.39 is 35.5 Å². The molecule has 0 fully saturated rings. The van der Waals surface area contributed by atoms with Crippen molar-refractivity contribution in [2.45, 2.75) is 12.4 Å². The van der Waals surface area contributed by atoms with E-state index in [1.165, 1.54) is 0 Å². The molecule has 3 aromatic rings. The Morgan fingerprint density at radius 1 is 0.846 bits per heavy atom. The van der Waals surface area contributed by atoms with Crippen LogP contribution in [0.4, 0.5) is 32.3 Å². The summed E-state index contributed by atoms with van der Waals surface area (Å²) in [6.45, 7) is 0. The molecular formula is C15H9F6N5. The summed E-state index contributed by atoms with van der Waals surface area (Å²) in [5, 5.41) is 3.02. The zero-order valence-corrected chi connectivity index (χ0v) is 12.7. The number of benzene rings is 1. The highest BCUT2D eigenvalue weighted by Gasteiger charge is 2.42. The van der Waals surface area contributed by atoms with E-state index in [2.05, 4.69) is 15.1 Å². The maximum atomic E-state index is 13.2. The summed E-state index contributed by atoms with van der Waals surface area (Å²) in [5.41, 5.74) is 2.85. The number of aromatic nitrogens is 4. The first kappa shape index (κ1) is 17.7. The molecule has 3 rings (SSSR count). The Hall–Kier alpha value is -3.11. The normalized spacial score (nSPS) is 12.4. The van der Waals surface area contributed by atoms with Crippen LogP contribution in [0.3, 0.4) is 0 Å². The Morgan fingerprint density at radius 3 is 2.08 bits per heavy atom. The van der Waals surface area contributed by atoms with Crippen molar-refractivity contribution in [3.8, 4) is 17.1 Å². The van der Waals surface area contributed by atoms with Crippen LogP contribution in [-0.4, -0.2) is 19.7 Å². The molecule has 26 heavy (non-hydrogen) atoms. The number of alkyl halides is 6. The Labute approximate surface area is 142 Å². The van der Waals surface area contributed by atoms with Crippen molar-refractivity contribution >= 4 is 5.95 Å². The third-order valence-corrected chi connectivity index (χ3v) is 3.31. The molecule has 1 aromatic carbocycles. The van der Waals surface area contributed by atoms with E-state index in [0.29, 0.717) is 5.56 Å². The van der Waals surface area contributed by atoms with Crippen LogP contribution in [0.25, 0.3) is 17.1 Å². The lowest BCUT2D eigenvalue weighted by Gasteiger charge is -2.11. The molecule has 0 saturated carbocycles. The summed E-state index contributed by atoms with van der Waals surface area (Å²) in [6.07, 6.45) is -10.1. The van der Waals surface area contributed by atoms with Crippen LogP contribution in [0.2, 0.25) is 0 Å². The third-order valence-electron chi connectivity index (χ3n) is 3.31. The molecule has 136 valence electrons. The topological polar surface area (TPSA) is 69.6 Å². The number of halogens is 6. The Morgan fingerprint density at radius 2 is 1.50 bits per heavy atom. The molecule has 11 heteroatoms. The van der Waals surface area contributed by atoms with Gasteiger partial charge in [0.25, 0.3) is 0 Å². The van der Waals surface area contributed by atoms with Gasteiger partial charge in [-0.3, -0.25) is 0 Å². The molecule has 0 aliphatic rings. The highest BCUT2D eigenvalue weighted by molar-refractivity contribution is 5.62. The SMILES string of the molecule is Nc1nc(-c2ccccc2)cc(-n2nc(C(F)(F)F)cc2C(F)(F)F)n1. The minimum Gasteiger partial charge on any atom is -0.368 e. The van der Waals surface area contributed by atoms with E-state index in [4.69, 9.17) is 5.73 Å². The molecule has 0 unspecified atom stereocenters. The first-order chi connectivity index (χ1) is 12.1. The van der Waals surface area contributed by atoms with Gasteiger partial charge in [-0.1, -0.05) is 30.3 Å². The molecule has 2 aromatic heterocycles. The molecule has 2 heterocycles. The number of hydrogen-bond acceptors (Lipinski definition) is 4. The maximum absolute atomic E-state index is 13.2. The standard InChI is InChI=1S/C15H9F6N5/c16-14(17,18)10-7-11(15(19,20)21)26(25-10)12-6-9(23-13(22)24-12)8-4-2-1-3-5-8/h1-7H,(H2,22,23,24). The molecule has 0 amide bonds. The van der Waals surface area contributed by atoms with Gasteiger partial charge in [0.15, 0.2) is 17.2 Å². The van der Waals surface area contributed by atoms with Crippen molar-refractivity contribution in [2.24, 2.45) is 0 Å². The maximum Gasteiger partial charge on any atom is 0.435 e. The van der Waals surface area contributed by atoms with Gasteiger partial charge in [0.1, 0.15) is 0 Å². The lowest BCUT2D eigenvalue weighted by molar-refractivity contribution is -0.143. The van der Waals surface area contributed by atoms with Gasteiger partial charge >= 0.3 is 12.4 Å². The van der Waals surface area contributed by atoms with Gasteiger partial charge in [0.2, 0.25) is 5.95 Å². The molecule has 0 bridgehead atoms. The summed E-state index contributed by atoms with van der Waals surface area (Å²) in [4.78, 5) is 7.50. The first-order valence-corrected chi connectivity index (χ1v) is 7.00. The second-order valence-corrected chi connectivity index (χ2v) is 5.16. The molecule has 0 aliphatic heterocycles. The lowest BCUT2D eigenvalue weighted by atomic mass is 10.1. The predicted molar refractivity (Wildman–Crippen MR) is 79.0 cm³/mol. The molecule has 0 spiro atoms. The molecule has 0 radical (unpaired) electrons. The fourth-order valence-corrected chi connectivity index (χ4v) is 2.21. The van der Waals surface area contributed by atoms with Crippen molar-refractivity contribution in [2.75, 3.05) is 5.73 Å². The zero-order valence-electron chi connectivity index (χ0n) is 12.7. The number of nitrogens with two attached hydrogens (primary N) is 1. The van der Waals surface area contributed by atoms with Gasteiger partial charge in [-0.25, -0.2) is 9.67 Å². The fraction of sp³-hybridized carbons (Fsp3) is 0.133. The summed E-state index contributed by atoms with van der Waals surface area (Å²) >= 11 is 0. The monoisotopic (exact) mass is 373 g/mol. The highest BCUT2D eigenvalue weighted by atomic mass is 19.4. The highest BCUT2D eigenvalue weighted by Crippen LogP contribution is 2.36. The van der Waals surface area contributed by atoms with Crippen molar-refractivity contribution in [1.82, 2.24) is 19.7 Å². The van der Waals surface area contributed by atoms with Crippen LogP contribution in [0.5, 0.6) is 0 Å². The quantitative estimate of drug-likeness (QED) is 0.691. The van der Waals surface area contributed by atoms with Crippen LogP contribution in [-0.2, 0) is 12.4 Å². The summed E-state index contributed by atoms with van der Waals surface area (Å²) < 4.78 is 78.0. The molecule has 5 nitrogen and oxygen atoms in total. The zero-order chi connectivity index (χ0) is 19.1. The van der Waals surface area contributed by atoms with Gasteiger partial charge in [-0.2, -0.15) is 36.4 Å². The number of nitrogens with zero attached hydrogens (tertiary/aromatic N) is 4. The minimum absolute atomic E-state index is 0.0628. The molecule has 2 N–H and O–H groups in total. The van der Waals surface area contributed by atoms with Crippen molar-refractivity contribution < 1.29 is 26.3 Å². The molecule has 0 atom stereocenters. The van der Waals surface area contributed by atoms with E-state index in [9.17, 15) is 26.3 Å². The van der Waals surface area contributed by atoms with Gasteiger partial charge in [0.05, 0.1) is 5.69 Å². The molecular weight excluding hydrogens is 364 g/mol. The fourth-order valence-electron chi connectivity index (χ4n) is 2.21. The summed E-state index contributed by atoms with van der Waals surface area (Å²) in [6, 6.07) is 9.24. The van der Waals surface area contributed by atoms with Gasteiger partial charge in [-0.05, 0) is 0 Å². The van der Waals surface area contributed by atoms with Crippen LogP contribution in [0.1, 0.15) is 11.4 Å². The largest absolute Gasteiger partial charge is 0.435 e. The average molecular weight is 373 g/mol. The summed E-state index contributed by atoms with van der Waals surface area (Å²) in [7, 11) is 0. The number of rotatable bonds is 2. The number of nitrogen functional groups attached to an aromatic ring is 1. The Balaban J connectivity index is 2.21. The lowest BCUT2D eigenvalue weighted by Crippen LogP contribution is -2.15. The second kappa shape index (κ2) is 6.00. The van der Waals surface area contributed by atoms with Gasteiger partial charge < -0.3 is 5.73 Å². The van der Waals surface area contributed by atoms with E-state index in [1.807, 2.05) is 0 Å². The molecule has 0 aliphatic carbocycles. The van der Waals surface area contributed by atoms with Gasteiger partial charge in [-0.15, -0.1) is 0 Å². The Kier molecular flexibility index (Phi) is 4.09. The van der Waals surface area contributed by atoms with E-state index >= 15 is 0 Å². The van der Waals surface area contributed by atoms with Crippen LogP contribution in [0.15, 0.2) is 42.5 Å². The van der Waals surface area contributed by atoms with Crippen molar-refractivity contribution in [3.05, 3.63) is 53.9 Å². The predicted octanol–water partition coefficient (Wildman–Crippen LogP) is 3.95. The van der Waals surface area contributed by atoms with Gasteiger partial charge in [0, 0.05) is 17.7 Å². The number of hydrogen-bond donors (Lipinski definition) is 1. The average Bonchev–Trinajstić information content (AvgIpc) is 3.01. The second-order valence-electron chi connectivity index (χ2n) is 5.16. The van der Waals surface area contributed by atoms with Crippen LogP contribution >= 0.6 is 0 Å². The van der Waals surface area contributed by atoms with E-state index in [1.54, 1.807) is 30.3 Å². The van der Waals surface area contributed by atoms with Crippen molar-refractivity contribution in [1.29, 1.82) is 0 Å². The third kappa shape index (κ3) is 3.46. The minimum atomic E-state index is -5.08. The van der Waals surface area contributed by atoms with E-state index in [0.717, 1.165) is 6.07 Å². The first-order valence-electron chi connectivity index (χ1n) is 7.00. The molecule has 0 saturated heterocycles. The number of anilines is 1. The van der Waals surface area contributed by atoms with Crippen LogP contribution < -0.4 is 5.73 Å².